The molecule has 0 atom stereocenters. The summed E-state index contributed by atoms with van der Waals surface area (Å²) in [5, 5.41) is 6.87. The van der Waals surface area contributed by atoms with Gasteiger partial charge in [0.2, 0.25) is 5.95 Å². The highest BCUT2D eigenvalue weighted by Gasteiger charge is 2.36. The van der Waals surface area contributed by atoms with Gasteiger partial charge in [-0.15, -0.1) is 0 Å². The Kier molecular flexibility index (Phi) is 7.64. The Morgan fingerprint density at radius 2 is 0.985 bits per heavy atom. The number of aromatic nitrogens is 5. The minimum atomic E-state index is -0.103. The van der Waals surface area contributed by atoms with Gasteiger partial charge in [0.25, 0.3) is 0 Å². The average molecular weight is 846 g/mol. The molecule has 0 saturated heterocycles. The van der Waals surface area contributed by atoms with Gasteiger partial charge in [-0.2, -0.15) is 9.97 Å². The van der Waals surface area contributed by atoms with Gasteiger partial charge in [0, 0.05) is 54.5 Å². The third-order valence-electron chi connectivity index (χ3n) is 14.0. The first-order chi connectivity index (χ1) is 32.5. The number of furan rings is 1. The molecule has 0 amide bonds. The Balaban J connectivity index is 0.985. The van der Waals surface area contributed by atoms with Crippen LogP contribution in [0.2, 0.25) is 0 Å². The number of fused-ring (bicyclic) bond motifs is 12. The first kappa shape index (κ1) is 36.8. The molecule has 66 heavy (non-hydrogen) atoms. The highest BCUT2D eigenvalue weighted by atomic mass is 16.3. The van der Waals surface area contributed by atoms with E-state index < -0.39 is 0 Å². The number of benzene rings is 9. The topological polar surface area (TPSA) is 61.7 Å². The molecule has 4 heterocycles. The van der Waals surface area contributed by atoms with Crippen LogP contribution in [-0.4, -0.2) is 24.1 Å². The van der Waals surface area contributed by atoms with Crippen molar-refractivity contribution in [2.24, 2.45) is 0 Å². The number of nitrogens with zero attached hydrogens (tertiary/aromatic N) is 5. The van der Waals surface area contributed by atoms with E-state index in [4.69, 9.17) is 19.4 Å². The Hall–Kier alpha value is -8.61. The van der Waals surface area contributed by atoms with Crippen LogP contribution in [0.5, 0.6) is 0 Å². The summed E-state index contributed by atoms with van der Waals surface area (Å²) in [5.74, 6) is 1.68. The van der Waals surface area contributed by atoms with E-state index in [1.54, 1.807) is 0 Å². The summed E-state index contributed by atoms with van der Waals surface area (Å²) in [5.41, 5.74) is 16.2. The van der Waals surface area contributed by atoms with Crippen LogP contribution in [0.15, 0.2) is 205 Å². The Morgan fingerprint density at radius 1 is 0.379 bits per heavy atom. The van der Waals surface area contributed by atoms with Crippen LogP contribution in [0, 0.1) is 0 Å². The lowest BCUT2D eigenvalue weighted by Gasteiger charge is -2.21. The smallest absolute Gasteiger partial charge is 0.238 e. The molecule has 6 heteroatoms. The van der Waals surface area contributed by atoms with Gasteiger partial charge in [0.05, 0.1) is 22.1 Å². The van der Waals surface area contributed by atoms with Crippen molar-refractivity contribution >= 4 is 65.6 Å². The Labute approximate surface area is 379 Å². The van der Waals surface area contributed by atoms with Gasteiger partial charge >= 0.3 is 0 Å². The van der Waals surface area contributed by atoms with Gasteiger partial charge in [0.15, 0.2) is 11.6 Å². The zero-order valence-electron chi connectivity index (χ0n) is 36.2. The molecule has 0 N–H and O–H groups in total. The van der Waals surface area contributed by atoms with E-state index in [-0.39, 0.29) is 5.41 Å². The first-order valence-corrected chi connectivity index (χ1v) is 22.5. The van der Waals surface area contributed by atoms with Crippen molar-refractivity contribution < 1.29 is 4.42 Å². The van der Waals surface area contributed by atoms with Gasteiger partial charge < -0.3 is 8.98 Å². The summed E-state index contributed by atoms with van der Waals surface area (Å²) in [4.78, 5) is 16.0. The molecule has 6 nitrogen and oxygen atoms in total. The van der Waals surface area contributed by atoms with E-state index in [0.717, 1.165) is 82.7 Å². The molecular weight excluding hydrogens is 807 g/mol. The fraction of sp³-hybridized carbons (Fsp3) is 0.0500. The summed E-state index contributed by atoms with van der Waals surface area (Å²) in [6.07, 6.45) is 0. The van der Waals surface area contributed by atoms with Gasteiger partial charge in [-0.3, -0.25) is 4.57 Å². The number of hydrogen-bond acceptors (Lipinski definition) is 4. The van der Waals surface area contributed by atoms with Crippen LogP contribution in [0.4, 0.5) is 0 Å². The summed E-state index contributed by atoms with van der Waals surface area (Å²) in [6.45, 7) is 4.69. The highest BCUT2D eigenvalue weighted by molar-refractivity contribution is 6.14. The van der Waals surface area contributed by atoms with Gasteiger partial charge in [-0.05, 0) is 94.0 Å². The van der Waals surface area contributed by atoms with Crippen LogP contribution >= 0.6 is 0 Å². The minimum Gasteiger partial charge on any atom is -0.456 e. The predicted molar refractivity (Wildman–Crippen MR) is 270 cm³/mol. The third-order valence-corrected chi connectivity index (χ3v) is 14.0. The molecule has 9 aromatic carbocycles. The zero-order chi connectivity index (χ0) is 43.7. The lowest BCUT2D eigenvalue weighted by molar-refractivity contribution is 0.661. The van der Waals surface area contributed by atoms with E-state index in [2.05, 4.69) is 211 Å². The third kappa shape index (κ3) is 5.27. The molecule has 1 aliphatic carbocycles. The molecule has 4 aromatic heterocycles. The van der Waals surface area contributed by atoms with Gasteiger partial charge in [0.1, 0.15) is 11.2 Å². The molecule has 0 aliphatic heterocycles. The number of rotatable bonds is 5. The average Bonchev–Trinajstić information content (AvgIpc) is 4.08. The van der Waals surface area contributed by atoms with Crippen molar-refractivity contribution in [2.45, 2.75) is 19.3 Å². The minimum absolute atomic E-state index is 0.103. The highest BCUT2D eigenvalue weighted by Crippen LogP contribution is 2.51. The second kappa shape index (κ2) is 13.7. The second-order valence-corrected chi connectivity index (χ2v) is 18.0. The quantitative estimate of drug-likeness (QED) is 0.173. The first-order valence-electron chi connectivity index (χ1n) is 22.5. The summed E-state index contributed by atoms with van der Waals surface area (Å²) in [7, 11) is 0. The molecule has 0 bridgehead atoms. The maximum Gasteiger partial charge on any atom is 0.238 e. The van der Waals surface area contributed by atoms with Crippen molar-refractivity contribution in [3.05, 3.63) is 211 Å². The summed E-state index contributed by atoms with van der Waals surface area (Å²) < 4.78 is 11.2. The molecule has 1 aliphatic rings. The normalized spacial score (nSPS) is 13.1. The Morgan fingerprint density at radius 3 is 1.74 bits per heavy atom. The monoisotopic (exact) mass is 845 g/mol. The fourth-order valence-corrected chi connectivity index (χ4v) is 10.9. The number of hydrogen-bond donors (Lipinski definition) is 0. The molecule has 0 spiro atoms. The molecule has 0 fully saturated rings. The van der Waals surface area contributed by atoms with Crippen molar-refractivity contribution in [1.29, 1.82) is 0 Å². The van der Waals surface area contributed by atoms with Crippen LogP contribution in [0.3, 0.4) is 0 Å². The van der Waals surface area contributed by atoms with Crippen LogP contribution in [0.1, 0.15) is 25.0 Å². The van der Waals surface area contributed by atoms with Crippen molar-refractivity contribution in [3.8, 4) is 56.7 Å². The van der Waals surface area contributed by atoms with Crippen molar-refractivity contribution in [1.82, 2.24) is 24.1 Å². The molecule has 14 rings (SSSR count). The van der Waals surface area contributed by atoms with Gasteiger partial charge in [-0.1, -0.05) is 153 Å². The fourth-order valence-electron chi connectivity index (χ4n) is 10.9. The van der Waals surface area contributed by atoms with Gasteiger partial charge in [-0.25, -0.2) is 4.98 Å². The van der Waals surface area contributed by atoms with Crippen LogP contribution in [0.25, 0.3) is 122 Å². The lowest BCUT2D eigenvalue weighted by atomic mass is 9.82. The molecule has 13 aromatic rings. The molecule has 310 valence electrons. The molecule has 0 saturated carbocycles. The SMILES string of the molecule is CC1(C)c2ccccc2-c2cc3c(cc21)c1ccccc1n3-c1cccc(-c2nc(-c3ccc4c(c3)oc3cccc(-c5ccccc5)c34)nc(-n3c4ccccc4c4ccccc43)n2)c1. The van der Waals surface area contributed by atoms with E-state index in [0.29, 0.717) is 17.6 Å². The lowest BCUT2D eigenvalue weighted by Crippen LogP contribution is -2.14. The Bertz CT molecular complexity index is 4100. The summed E-state index contributed by atoms with van der Waals surface area (Å²) in [6, 6.07) is 71.1. The predicted octanol–water partition coefficient (Wildman–Crippen LogP) is 15.3. The van der Waals surface area contributed by atoms with E-state index >= 15 is 0 Å². The molecule has 0 unspecified atom stereocenters. The van der Waals surface area contributed by atoms with Crippen LogP contribution < -0.4 is 0 Å². The van der Waals surface area contributed by atoms with E-state index in [1.165, 1.54) is 33.0 Å². The van der Waals surface area contributed by atoms with Crippen molar-refractivity contribution in [3.63, 3.8) is 0 Å². The maximum absolute atomic E-state index is 6.62. The summed E-state index contributed by atoms with van der Waals surface area (Å²) >= 11 is 0. The largest absolute Gasteiger partial charge is 0.456 e. The maximum atomic E-state index is 6.62. The number of para-hydroxylation sites is 3. The van der Waals surface area contributed by atoms with Crippen LogP contribution in [-0.2, 0) is 5.41 Å². The second-order valence-electron chi connectivity index (χ2n) is 18.0. The van der Waals surface area contributed by atoms with E-state index in [9.17, 15) is 0 Å². The standard InChI is InChI=1S/C60H39N5O/c1-60(2)48-25-10-6-20-41(48)46-35-53-47(34-49(46)60)44-23-9-11-26-50(44)64(53)39-19-14-18-37(32-39)57-61-58(63-59(62-57)65-51-27-12-7-21-42(51)43-22-8-13-28-52(43)65)38-30-31-45-55(33-38)66-54-29-15-24-40(56(45)54)36-16-4-3-5-17-36/h3-35H,1-2H3. The van der Waals surface area contributed by atoms with E-state index in [1.807, 2.05) is 12.1 Å². The molecule has 0 radical (unpaired) electrons. The molecular formula is C60H39N5O. The zero-order valence-corrected chi connectivity index (χ0v) is 36.2. The van der Waals surface area contributed by atoms with Crippen molar-refractivity contribution in [2.75, 3.05) is 0 Å².